The average molecular weight is 265 g/mol. The van der Waals surface area contributed by atoms with Crippen LogP contribution in [0.3, 0.4) is 0 Å². The highest BCUT2D eigenvalue weighted by atomic mass is 35.5. The van der Waals surface area contributed by atoms with E-state index in [9.17, 15) is 13.2 Å². The maximum atomic E-state index is 13.0. The molecule has 0 aromatic heterocycles. The van der Waals surface area contributed by atoms with E-state index in [0.29, 0.717) is 12.1 Å². The molecular weight excluding hydrogens is 253 g/mol. The molecule has 1 aliphatic heterocycles. The second kappa shape index (κ2) is 4.84. The van der Waals surface area contributed by atoms with E-state index in [4.69, 9.17) is 11.8 Å². The lowest BCUT2D eigenvalue weighted by Crippen LogP contribution is -2.55. The summed E-state index contributed by atoms with van der Waals surface area (Å²) in [7, 11) is 0. The molecule has 2 unspecified atom stereocenters. The van der Waals surface area contributed by atoms with Crippen LogP contribution >= 0.6 is 11.8 Å². The van der Waals surface area contributed by atoms with Crippen molar-refractivity contribution in [2.75, 3.05) is 13.1 Å². The van der Waals surface area contributed by atoms with Gasteiger partial charge in [0.25, 0.3) is 0 Å². The van der Waals surface area contributed by atoms with Gasteiger partial charge in [-0.2, -0.15) is 13.2 Å². The highest BCUT2D eigenvalue weighted by Crippen LogP contribution is 2.36. The molecule has 2 atom stereocenters. The van der Waals surface area contributed by atoms with E-state index in [-0.39, 0.29) is 6.54 Å². The van der Waals surface area contributed by atoms with Crippen LogP contribution in [-0.2, 0) is 0 Å². The van der Waals surface area contributed by atoms with Crippen LogP contribution < -0.4 is 5.32 Å². The fourth-order valence-electron chi connectivity index (χ4n) is 2.05. The number of halogens is 4. The van der Waals surface area contributed by atoms with Crippen LogP contribution in [0.25, 0.3) is 0 Å². The van der Waals surface area contributed by atoms with E-state index in [1.54, 1.807) is 30.3 Å². The van der Waals surface area contributed by atoms with Gasteiger partial charge in [0.15, 0.2) is 0 Å². The zero-order valence-electron chi connectivity index (χ0n) is 8.91. The van der Waals surface area contributed by atoms with Gasteiger partial charge in [-0.3, -0.25) is 0 Å². The van der Waals surface area contributed by atoms with E-state index < -0.39 is 18.3 Å². The number of alkyl halides is 3. The van der Waals surface area contributed by atoms with Crippen LogP contribution in [0.4, 0.5) is 13.2 Å². The molecule has 94 valence electrons. The van der Waals surface area contributed by atoms with Gasteiger partial charge in [-0.1, -0.05) is 30.3 Å². The number of piperazine rings is 1. The maximum Gasteiger partial charge on any atom is 0.407 e. The number of hydrogen-bond donors (Lipinski definition) is 1. The first kappa shape index (κ1) is 12.7. The smallest absolute Gasteiger partial charge is 0.307 e. The van der Waals surface area contributed by atoms with Gasteiger partial charge in [-0.05, 0) is 17.3 Å². The topological polar surface area (TPSA) is 15.3 Å². The fourth-order valence-corrected chi connectivity index (χ4v) is 2.36. The first-order valence-electron chi connectivity index (χ1n) is 5.27. The van der Waals surface area contributed by atoms with E-state index in [1.807, 2.05) is 0 Å². The minimum Gasteiger partial charge on any atom is -0.307 e. The van der Waals surface area contributed by atoms with Gasteiger partial charge in [-0.15, -0.1) is 0 Å². The minimum absolute atomic E-state index is 0.176. The van der Waals surface area contributed by atoms with Crippen LogP contribution in [0.2, 0.25) is 0 Å². The molecule has 1 aromatic carbocycles. The molecule has 17 heavy (non-hydrogen) atoms. The Morgan fingerprint density at radius 3 is 2.47 bits per heavy atom. The van der Waals surface area contributed by atoms with Crippen molar-refractivity contribution >= 4 is 11.8 Å². The molecule has 1 heterocycles. The molecule has 0 radical (unpaired) electrons. The third-order valence-electron chi connectivity index (χ3n) is 2.80. The van der Waals surface area contributed by atoms with E-state index in [1.165, 1.54) is 0 Å². The molecule has 2 rings (SSSR count). The van der Waals surface area contributed by atoms with Gasteiger partial charge in [0.2, 0.25) is 0 Å². The molecular formula is C11H12ClF3N2. The van der Waals surface area contributed by atoms with Gasteiger partial charge in [0.05, 0.1) is 6.04 Å². The van der Waals surface area contributed by atoms with Crippen molar-refractivity contribution in [2.24, 2.45) is 0 Å². The van der Waals surface area contributed by atoms with Crippen LogP contribution in [0.5, 0.6) is 0 Å². The Bertz CT molecular complexity index is 369. The Morgan fingerprint density at radius 2 is 1.88 bits per heavy atom. The van der Waals surface area contributed by atoms with Gasteiger partial charge < -0.3 is 5.32 Å². The summed E-state index contributed by atoms with van der Waals surface area (Å²) in [4.78, 5) is 0. The van der Waals surface area contributed by atoms with E-state index in [0.717, 1.165) is 4.42 Å². The number of nitrogens with one attached hydrogen (secondary N) is 1. The SMILES string of the molecule is FC(F)(F)C1C(c2ccccc2)NCCN1Cl. The summed E-state index contributed by atoms with van der Waals surface area (Å²) >= 11 is 5.69. The normalized spacial score (nSPS) is 27.1. The molecule has 2 nitrogen and oxygen atoms in total. The predicted molar refractivity (Wildman–Crippen MR) is 59.6 cm³/mol. The summed E-state index contributed by atoms with van der Waals surface area (Å²) in [5.41, 5.74) is 0.597. The van der Waals surface area contributed by atoms with Crippen molar-refractivity contribution in [3.8, 4) is 0 Å². The third kappa shape index (κ3) is 2.73. The molecule has 1 aliphatic rings. The van der Waals surface area contributed by atoms with Crippen LogP contribution in [0.1, 0.15) is 11.6 Å². The first-order chi connectivity index (χ1) is 8.00. The molecule has 1 fully saturated rings. The zero-order valence-corrected chi connectivity index (χ0v) is 9.67. The Balaban J connectivity index is 2.30. The minimum atomic E-state index is -4.35. The molecule has 0 saturated carbocycles. The lowest BCUT2D eigenvalue weighted by Gasteiger charge is -2.39. The molecule has 0 aliphatic carbocycles. The predicted octanol–water partition coefficient (Wildman–Crippen LogP) is 2.72. The third-order valence-corrected chi connectivity index (χ3v) is 3.18. The standard InChI is InChI=1S/C11H12ClF3N2/c12-17-7-6-16-9(10(17)11(13,14)15)8-4-2-1-3-5-8/h1-5,9-10,16H,6-7H2. The number of benzene rings is 1. The molecule has 1 saturated heterocycles. The Hall–Kier alpha value is -0.780. The largest absolute Gasteiger partial charge is 0.407 e. The van der Waals surface area contributed by atoms with Gasteiger partial charge >= 0.3 is 6.18 Å². The molecule has 1 aromatic rings. The average Bonchev–Trinajstić information content (AvgIpc) is 2.28. The van der Waals surface area contributed by atoms with Gasteiger partial charge in [0.1, 0.15) is 6.04 Å². The quantitative estimate of drug-likeness (QED) is 0.785. The van der Waals surface area contributed by atoms with Crippen molar-refractivity contribution in [1.82, 2.24) is 9.74 Å². The van der Waals surface area contributed by atoms with Crippen LogP contribution in [-0.4, -0.2) is 29.7 Å². The van der Waals surface area contributed by atoms with Gasteiger partial charge in [0, 0.05) is 13.1 Å². The summed E-state index contributed by atoms with van der Waals surface area (Å²) < 4.78 is 39.7. The van der Waals surface area contributed by atoms with Crippen LogP contribution in [0, 0.1) is 0 Å². The summed E-state index contributed by atoms with van der Waals surface area (Å²) in [6.07, 6.45) is -4.35. The second-order valence-corrected chi connectivity index (χ2v) is 4.39. The summed E-state index contributed by atoms with van der Waals surface area (Å²) in [5.74, 6) is 0. The highest BCUT2D eigenvalue weighted by Gasteiger charge is 2.50. The van der Waals surface area contributed by atoms with Crippen molar-refractivity contribution in [3.63, 3.8) is 0 Å². The Labute approximate surface area is 102 Å². The van der Waals surface area contributed by atoms with E-state index >= 15 is 0 Å². The van der Waals surface area contributed by atoms with Gasteiger partial charge in [-0.25, -0.2) is 4.42 Å². The fraction of sp³-hybridized carbons (Fsp3) is 0.455. The van der Waals surface area contributed by atoms with Crippen molar-refractivity contribution < 1.29 is 13.2 Å². The summed E-state index contributed by atoms with van der Waals surface area (Å²) in [6, 6.07) is 6.05. The molecule has 6 heteroatoms. The number of hydrogen-bond acceptors (Lipinski definition) is 2. The Morgan fingerprint density at radius 1 is 1.24 bits per heavy atom. The lowest BCUT2D eigenvalue weighted by atomic mass is 9.97. The molecule has 1 N–H and O–H groups in total. The van der Waals surface area contributed by atoms with Crippen molar-refractivity contribution in [2.45, 2.75) is 18.3 Å². The van der Waals surface area contributed by atoms with Crippen molar-refractivity contribution in [1.29, 1.82) is 0 Å². The summed E-state index contributed by atoms with van der Waals surface area (Å²) in [6.45, 7) is 0.616. The monoisotopic (exact) mass is 264 g/mol. The maximum absolute atomic E-state index is 13.0. The highest BCUT2D eigenvalue weighted by molar-refractivity contribution is 6.13. The number of nitrogens with zero attached hydrogens (tertiary/aromatic N) is 1. The first-order valence-corrected chi connectivity index (χ1v) is 5.61. The number of rotatable bonds is 1. The van der Waals surface area contributed by atoms with Crippen molar-refractivity contribution in [3.05, 3.63) is 35.9 Å². The molecule has 0 spiro atoms. The molecule has 0 amide bonds. The second-order valence-electron chi connectivity index (χ2n) is 3.95. The molecule has 0 bridgehead atoms. The zero-order chi connectivity index (χ0) is 12.5. The van der Waals surface area contributed by atoms with Crippen LogP contribution in [0.15, 0.2) is 30.3 Å². The summed E-state index contributed by atoms with van der Waals surface area (Å²) in [5, 5.41) is 2.88. The van der Waals surface area contributed by atoms with E-state index in [2.05, 4.69) is 5.32 Å². The lowest BCUT2D eigenvalue weighted by molar-refractivity contribution is -0.184. The Kier molecular flexibility index (Phi) is 3.61.